The molecule has 0 aromatic heterocycles. The van der Waals surface area contributed by atoms with Crippen LogP contribution in [0.4, 0.5) is 0 Å². The Kier molecular flexibility index (Phi) is 7.41. The summed E-state index contributed by atoms with van der Waals surface area (Å²) < 4.78 is 26.9. The molecule has 7 nitrogen and oxygen atoms in total. The maximum Gasteiger partial charge on any atom is 0.317 e. The fourth-order valence-corrected chi connectivity index (χ4v) is 4.04. The van der Waals surface area contributed by atoms with E-state index in [0.717, 1.165) is 11.1 Å². The summed E-state index contributed by atoms with van der Waals surface area (Å²) in [5.41, 5.74) is 2.31. The summed E-state index contributed by atoms with van der Waals surface area (Å²) >= 11 is 0. The second-order valence-electron chi connectivity index (χ2n) is 7.29. The van der Waals surface area contributed by atoms with E-state index in [9.17, 15) is 9.59 Å². The van der Waals surface area contributed by atoms with E-state index in [1.54, 1.807) is 59.6 Å². The van der Waals surface area contributed by atoms with Gasteiger partial charge in [-0.3, -0.25) is 9.59 Å². The van der Waals surface area contributed by atoms with Crippen molar-refractivity contribution in [2.45, 2.75) is 19.3 Å². The van der Waals surface area contributed by atoms with Gasteiger partial charge in [0.25, 0.3) is 0 Å². The number of hydrogen-bond donors (Lipinski definition) is 0. The molecule has 0 radical (unpaired) electrons. The van der Waals surface area contributed by atoms with Gasteiger partial charge < -0.3 is 23.7 Å². The highest BCUT2D eigenvalue weighted by Gasteiger charge is 2.41. The Morgan fingerprint density at radius 1 is 0.906 bits per heavy atom. The molecule has 1 aliphatic rings. The van der Waals surface area contributed by atoms with Crippen LogP contribution in [0.3, 0.4) is 0 Å². The molecule has 0 saturated carbocycles. The van der Waals surface area contributed by atoms with Crippen molar-refractivity contribution in [2.75, 3.05) is 35.0 Å². The van der Waals surface area contributed by atoms with Gasteiger partial charge in [-0.05, 0) is 60.9 Å². The van der Waals surface area contributed by atoms with Gasteiger partial charge in [-0.1, -0.05) is 6.07 Å². The van der Waals surface area contributed by atoms with Crippen LogP contribution in [-0.2, 0) is 14.3 Å². The molecule has 1 aliphatic carbocycles. The van der Waals surface area contributed by atoms with Crippen LogP contribution in [0.5, 0.6) is 23.0 Å². The van der Waals surface area contributed by atoms with Crippen LogP contribution in [-0.4, -0.2) is 46.8 Å². The highest BCUT2D eigenvalue weighted by atomic mass is 16.5. The summed E-state index contributed by atoms with van der Waals surface area (Å²) in [5.74, 6) is 0.0178. The van der Waals surface area contributed by atoms with E-state index >= 15 is 0 Å². The molecule has 0 fully saturated rings. The predicted molar refractivity (Wildman–Crippen MR) is 120 cm³/mol. The lowest BCUT2D eigenvalue weighted by Crippen LogP contribution is -2.34. The number of carbonyl (C=O) groups excluding carboxylic acids is 2. The summed E-state index contributed by atoms with van der Waals surface area (Å²) in [5, 5.41) is 0. The van der Waals surface area contributed by atoms with Crippen LogP contribution >= 0.6 is 0 Å². The average molecular weight is 440 g/mol. The Labute approximate surface area is 187 Å². The lowest BCUT2D eigenvalue weighted by atomic mass is 9.73. The highest BCUT2D eigenvalue weighted by Crippen LogP contribution is 2.45. The van der Waals surface area contributed by atoms with Crippen molar-refractivity contribution in [1.29, 1.82) is 0 Å². The minimum atomic E-state index is -0.972. The highest BCUT2D eigenvalue weighted by molar-refractivity contribution is 6.10. The quantitative estimate of drug-likeness (QED) is 0.453. The number of methoxy groups -OCH3 is 4. The number of rotatable bonds is 8. The zero-order valence-corrected chi connectivity index (χ0v) is 19.0. The molecular formula is C25H28O7. The molecule has 170 valence electrons. The van der Waals surface area contributed by atoms with E-state index in [4.69, 9.17) is 23.7 Å². The molecule has 0 aliphatic heterocycles. The number of carbonyl (C=O) groups is 2. The molecule has 0 bridgehead atoms. The normalized spacial score (nSPS) is 17.9. The van der Waals surface area contributed by atoms with Gasteiger partial charge in [-0.25, -0.2) is 0 Å². The molecule has 3 rings (SSSR count). The van der Waals surface area contributed by atoms with Crippen molar-refractivity contribution in [2.24, 2.45) is 5.92 Å². The average Bonchev–Trinajstić information content (AvgIpc) is 2.82. The molecule has 2 aromatic rings. The minimum absolute atomic E-state index is 0.191. The lowest BCUT2D eigenvalue weighted by Gasteiger charge is -2.30. The molecule has 0 spiro atoms. The number of benzene rings is 2. The third kappa shape index (κ3) is 4.56. The Hall–Kier alpha value is -3.48. The van der Waals surface area contributed by atoms with Crippen molar-refractivity contribution in [1.82, 2.24) is 0 Å². The van der Waals surface area contributed by atoms with Crippen molar-refractivity contribution >= 4 is 17.3 Å². The first-order chi connectivity index (χ1) is 15.5. The number of hydrogen-bond acceptors (Lipinski definition) is 7. The fourth-order valence-electron chi connectivity index (χ4n) is 4.04. The van der Waals surface area contributed by atoms with Gasteiger partial charge in [0.1, 0.15) is 17.4 Å². The van der Waals surface area contributed by atoms with Crippen molar-refractivity contribution in [3.8, 4) is 23.0 Å². The lowest BCUT2D eigenvalue weighted by molar-refractivity contribution is -0.151. The number of allylic oxidation sites excluding steroid dienone is 2. The summed E-state index contributed by atoms with van der Waals surface area (Å²) in [7, 11) is 6.24. The van der Waals surface area contributed by atoms with Gasteiger partial charge in [0.2, 0.25) is 0 Å². The summed E-state index contributed by atoms with van der Waals surface area (Å²) in [6.07, 6.45) is 1.94. The van der Waals surface area contributed by atoms with Crippen LogP contribution in [0, 0.1) is 5.92 Å². The van der Waals surface area contributed by atoms with E-state index in [1.165, 1.54) is 6.08 Å². The van der Waals surface area contributed by atoms with Crippen LogP contribution < -0.4 is 18.9 Å². The number of esters is 1. The van der Waals surface area contributed by atoms with Crippen molar-refractivity contribution < 1.29 is 33.3 Å². The smallest absolute Gasteiger partial charge is 0.317 e. The molecule has 32 heavy (non-hydrogen) atoms. The third-order valence-corrected chi connectivity index (χ3v) is 5.60. The maximum atomic E-state index is 13.2. The Bertz CT molecular complexity index is 1020. The van der Waals surface area contributed by atoms with Gasteiger partial charge in [-0.2, -0.15) is 0 Å². The van der Waals surface area contributed by atoms with E-state index in [1.807, 2.05) is 12.1 Å². The van der Waals surface area contributed by atoms with Crippen LogP contribution in [0.25, 0.3) is 5.57 Å². The molecule has 0 N–H and O–H groups in total. The van der Waals surface area contributed by atoms with Gasteiger partial charge in [0.05, 0.1) is 35.0 Å². The molecule has 7 heteroatoms. The van der Waals surface area contributed by atoms with E-state index in [0.29, 0.717) is 35.0 Å². The molecular weight excluding hydrogens is 412 g/mol. The Balaban J connectivity index is 2.12. The van der Waals surface area contributed by atoms with E-state index < -0.39 is 17.8 Å². The summed E-state index contributed by atoms with van der Waals surface area (Å²) in [6, 6.07) is 10.8. The molecule has 0 amide bonds. The zero-order valence-electron chi connectivity index (χ0n) is 19.0. The number of ketones is 1. The molecule has 2 aromatic carbocycles. The fraction of sp³-hybridized carbons (Fsp3) is 0.360. The van der Waals surface area contributed by atoms with Crippen LogP contribution in [0.2, 0.25) is 0 Å². The molecule has 0 saturated heterocycles. The summed E-state index contributed by atoms with van der Waals surface area (Å²) in [4.78, 5) is 26.0. The standard InChI is InChI=1S/C25H28O7/c1-6-32-25(27)24-19(18-14-17(28-2)8-10-21(18)29-3)11-16(12-20(24)26)15-7-9-22(30-4)23(13-15)31-5/h7-10,12-14,19,24H,6,11H2,1-5H3/t19-,24+/m1/s1. The van der Waals surface area contributed by atoms with Crippen molar-refractivity contribution in [3.63, 3.8) is 0 Å². The predicted octanol–water partition coefficient (Wildman–Crippen LogP) is 4.04. The molecule has 2 atom stereocenters. The Morgan fingerprint density at radius 2 is 1.59 bits per heavy atom. The van der Waals surface area contributed by atoms with Crippen LogP contribution in [0.1, 0.15) is 30.4 Å². The largest absolute Gasteiger partial charge is 0.497 e. The van der Waals surface area contributed by atoms with Gasteiger partial charge in [-0.15, -0.1) is 0 Å². The third-order valence-electron chi connectivity index (χ3n) is 5.60. The maximum absolute atomic E-state index is 13.2. The Morgan fingerprint density at radius 3 is 2.22 bits per heavy atom. The second-order valence-corrected chi connectivity index (χ2v) is 7.29. The van der Waals surface area contributed by atoms with Gasteiger partial charge in [0, 0.05) is 11.5 Å². The monoisotopic (exact) mass is 440 g/mol. The number of ether oxygens (including phenoxy) is 5. The SMILES string of the molecule is CCOC(=O)[C@@H]1C(=O)C=C(c2ccc(OC)c(OC)c2)C[C@@H]1c1cc(OC)ccc1OC. The molecule has 0 unspecified atom stereocenters. The first kappa shape index (κ1) is 23.2. The topological polar surface area (TPSA) is 80.3 Å². The van der Waals surface area contributed by atoms with E-state index in [-0.39, 0.29) is 12.4 Å². The van der Waals surface area contributed by atoms with Gasteiger partial charge >= 0.3 is 5.97 Å². The van der Waals surface area contributed by atoms with Gasteiger partial charge in [0.15, 0.2) is 17.3 Å². The zero-order chi connectivity index (χ0) is 23.3. The van der Waals surface area contributed by atoms with Crippen molar-refractivity contribution in [3.05, 3.63) is 53.6 Å². The van der Waals surface area contributed by atoms with E-state index in [2.05, 4.69) is 0 Å². The molecule has 0 heterocycles. The minimum Gasteiger partial charge on any atom is -0.497 e. The first-order valence-corrected chi connectivity index (χ1v) is 10.3. The second kappa shape index (κ2) is 10.2. The summed E-state index contributed by atoms with van der Waals surface area (Å²) in [6.45, 7) is 1.91. The first-order valence-electron chi connectivity index (χ1n) is 10.3. The van der Waals surface area contributed by atoms with Crippen LogP contribution in [0.15, 0.2) is 42.5 Å².